The minimum atomic E-state index is -0.688. The second-order valence-electron chi connectivity index (χ2n) is 4.51. The number of alkyl halides is 1. The van der Waals surface area contributed by atoms with Crippen molar-refractivity contribution in [1.29, 1.82) is 0 Å². The third kappa shape index (κ3) is 4.53. The van der Waals surface area contributed by atoms with E-state index in [0.29, 0.717) is 37.0 Å². The molecule has 0 saturated heterocycles. The molecule has 7 heteroatoms. The number of carbonyl (C=O) groups excluding carboxylic acids is 2. The van der Waals surface area contributed by atoms with Crippen molar-refractivity contribution in [1.82, 2.24) is 10.6 Å². The Balaban J connectivity index is 1.74. The van der Waals surface area contributed by atoms with Crippen molar-refractivity contribution in [3.05, 3.63) is 24.3 Å². The van der Waals surface area contributed by atoms with E-state index in [1.807, 2.05) is 18.2 Å². The van der Waals surface area contributed by atoms with Gasteiger partial charge in [-0.15, -0.1) is 11.6 Å². The van der Waals surface area contributed by atoms with Crippen LogP contribution in [0.15, 0.2) is 24.3 Å². The van der Waals surface area contributed by atoms with E-state index in [1.165, 1.54) is 0 Å². The van der Waals surface area contributed by atoms with Crippen molar-refractivity contribution >= 4 is 23.4 Å². The third-order valence-electron chi connectivity index (χ3n) is 2.86. The Morgan fingerprint density at radius 2 is 1.90 bits per heavy atom. The van der Waals surface area contributed by atoms with Gasteiger partial charge < -0.3 is 20.1 Å². The highest BCUT2D eigenvalue weighted by molar-refractivity contribution is 6.35. The summed E-state index contributed by atoms with van der Waals surface area (Å²) in [6, 6.07) is 7.31. The molecule has 114 valence electrons. The fourth-order valence-corrected chi connectivity index (χ4v) is 1.93. The van der Waals surface area contributed by atoms with Gasteiger partial charge >= 0.3 is 11.8 Å². The van der Waals surface area contributed by atoms with Crippen molar-refractivity contribution in [3.63, 3.8) is 0 Å². The van der Waals surface area contributed by atoms with Crippen molar-refractivity contribution in [2.45, 2.75) is 12.5 Å². The lowest BCUT2D eigenvalue weighted by Gasteiger charge is -2.26. The van der Waals surface area contributed by atoms with E-state index in [2.05, 4.69) is 10.6 Å². The van der Waals surface area contributed by atoms with Gasteiger partial charge in [0.15, 0.2) is 11.5 Å². The maximum Gasteiger partial charge on any atom is 0.309 e. The molecule has 1 heterocycles. The molecular formula is C14H17ClN2O4. The van der Waals surface area contributed by atoms with Gasteiger partial charge in [0.25, 0.3) is 0 Å². The molecule has 0 radical (unpaired) electrons. The summed E-state index contributed by atoms with van der Waals surface area (Å²) in [5.41, 5.74) is 0. The van der Waals surface area contributed by atoms with Gasteiger partial charge in [-0.1, -0.05) is 12.1 Å². The second kappa shape index (κ2) is 7.73. The quantitative estimate of drug-likeness (QED) is 0.476. The molecule has 6 nitrogen and oxygen atoms in total. The average molecular weight is 313 g/mol. The number of benzene rings is 1. The lowest BCUT2D eigenvalue weighted by Crippen LogP contribution is -2.46. The summed E-state index contributed by atoms with van der Waals surface area (Å²) in [7, 11) is 0. The summed E-state index contributed by atoms with van der Waals surface area (Å²) < 4.78 is 11.2. The van der Waals surface area contributed by atoms with Crippen molar-refractivity contribution < 1.29 is 19.1 Å². The highest BCUT2D eigenvalue weighted by Gasteiger charge is 2.22. The van der Waals surface area contributed by atoms with Crippen LogP contribution in [0.5, 0.6) is 11.5 Å². The maximum atomic E-state index is 11.6. The predicted octanol–water partition coefficient (Wildman–Crippen LogP) is 0.688. The van der Waals surface area contributed by atoms with Gasteiger partial charge in [-0.05, 0) is 18.6 Å². The van der Waals surface area contributed by atoms with Crippen LogP contribution >= 0.6 is 11.6 Å². The smallest absolute Gasteiger partial charge is 0.309 e. The van der Waals surface area contributed by atoms with E-state index in [1.54, 1.807) is 6.07 Å². The molecule has 21 heavy (non-hydrogen) atoms. The highest BCUT2D eigenvalue weighted by Crippen LogP contribution is 2.30. The minimum Gasteiger partial charge on any atom is -0.486 e. The molecule has 1 unspecified atom stereocenters. The van der Waals surface area contributed by atoms with Crippen molar-refractivity contribution in [3.8, 4) is 11.5 Å². The van der Waals surface area contributed by atoms with Gasteiger partial charge in [-0.2, -0.15) is 0 Å². The lowest BCUT2D eigenvalue weighted by molar-refractivity contribution is -0.139. The molecule has 2 N–H and O–H groups in total. The molecule has 1 aromatic rings. The first kappa shape index (κ1) is 15.4. The van der Waals surface area contributed by atoms with E-state index >= 15 is 0 Å². The molecule has 0 fully saturated rings. The predicted molar refractivity (Wildman–Crippen MR) is 77.7 cm³/mol. The number of ether oxygens (including phenoxy) is 2. The molecule has 1 aliphatic rings. The van der Waals surface area contributed by atoms with Crippen LogP contribution in [-0.4, -0.2) is 43.5 Å². The number of nitrogens with one attached hydrogen (secondary N) is 2. The zero-order valence-electron chi connectivity index (χ0n) is 11.4. The summed E-state index contributed by atoms with van der Waals surface area (Å²) in [6.07, 6.45) is 0.302. The lowest BCUT2D eigenvalue weighted by atomic mass is 10.2. The number of hydrogen-bond acceptors (Lipinski definition) is 4. The number of halogens is 1. The van der Waals surface area contributed by atoms with Crippen LogP contribution in [0, 0.1) is 0 Å². The molecular weight excluding hydrogens is 296 g/mol. The maximum absolute atomic E-state index is 11.6. The van der Waals surface area contributed by atoms with E-state index in [0.717, 1.165) is 0 Å². The molecule has 2 rings (SSSR count). The highest BCUT2D eigenvalue weighted by atomic mass is 35.5. The molecule has 1 aliphatic heterocycles. The fraction of sp³-hybridized carbons (Fsp3) is 0.429. The molecule has 0 spiro atoms. The summed E-state index contributed by atoms with van der Waals surface area (Å²) in [6.45, 7) is 0.910. The van der Waals surface area contributed by atoms with Crippen LogP contribution in [0.1, 0.15) is 6.42 Å². The van der Waals surface area contributed by atoms with Crippen LogP contribution in [0.25, 0.3) is 0 Å². The Bertz CT molecular complexity index is 510. The molecule has 1 aromatic carbocycles. The van der Waals surface area contributed by atoms with Crippen molar-refractivity contribution in [2.75, 3.05) is 25.6 Å². The normalized spacial score (nSPS) is 16.1. The molecule has 0 bridgehead atoms. The number of fused-ring (bicyclic) bond motifs is 1. The second-order valence-corrected chi connectivity index (χ2v) is 4.88. The first-order chi connectivity index (χ1) is 10.2. The molecule has 0 aromatic heterocycles. The van der Waals surface area contributed by atoms with Gasteiger partial charge in [-0.25, -0.2) is 0 Å². The van der Waals surface area contributed by atoms with Crippen LogP contribution in [0.3, 0.4) is 0 Å². The first-order valence-corrected chi connectivity index (χ1v) is 7.24. The van der Waals surface area contributed by atoms with Gasteiger partial charge in [0.1, 0.15) is 12.7 Å². The van der Waals surface area contributed by atoms with Crippen molar-refractivity contribution in [2.24, 2.45) is 0 Å². The van der Waals surface area contributed by atoms with Gasteiger partial charge in [0.05, 0.1) is 6.54 Å². The average Bonchev–Trinajstić information content (AvgIpc) is 2.52. The van der Waals surface area contributed by atoms with Gasteiger partial charge in [0, 0.05) is 12.4 Å². The largest absolute Gasteiger partial charge is 0.486 e. The van der Waals surface area contributed by atoms with Crippen LogP contribution in [0.4, 0.5) is 0 Å². The standard InChI is InChI=1S/C14H17ClN2O4/c15-6-3-7-16-13(18)14(19)17-8-10-9-20-11-4-1-2-5-12(11)21-10/h1-2,4-5,10H,3,6-9H2,(H,16,18)(H,17,19). The summed E-state index contributed by atoms with van der Waals surface area (Å²) >= 11 is 5.49. The summed E-state index contributed by atoms with van der Waals surface area (Å²) in [5, 5.41) is 5.00. The molecule has 2 amide bonds. The van der Waals surface area contributed by atoms with Gasteiger partial charge in [0.2, 0.25) is 0 Å². The number of rotatable bonds is 5. The minimum absolute atomic E-state index is 0.204. The van der Waals surface area contributed by atoms with E-state index in [9.17, 15) is 9.59 Å². The third-order valence-corrected chi connectivity index (χ3v) is 3.13. The first-order valence-electron chi connectivity index (χ1n) is 6.71. The number of amides is 2. The monoisotopic (exact) mass is 312 g/mol. The molecule has 1 atom stereocenters. The molecule has 0 saturated carbocycles. The number of hydrogen-bond donors (Lipinski definition) is 2. The van der Waals surface area contributed by atoms with E-state index < -0.39 is 11.8 Å². The number of carbonyl (C=O) groups is 2. The summed E-state index contributed by atoms with van der Waals surface area (Å²) in [5.74, 6) is 0.395. The topological polar surface area (TPSA) is 76.7 Å². The number of para-hydroxylation sites is 2. The Hall–Kier alpha value is -1.95. The fourth-order valence-electron chi connectivity index (χ4n) is 1.80. The Morgan fingerprint density at radius 1 is 1.19 bits per heavy atom. The van der Waals surface area contributed by atoms with Gasteiger partial charge in [-0.3, -0.25) is 9.59 Å². The zero-order valence-corrected chi connectivity index (χ0v) is 12.2. The molecule has 0 aliphatic carbocycles. The SMILES string of the molecule is O=C(NCCCCl)C(=O)NCC1COc2ccccc2O1. The zero-order chi connectivity index (χ0) is 15.1. The van der Waals surface area contributed by atoms with Crippen LogP contribution in [-0.2, 0) is 9.59 Å². The van der Waals surface area contributed by atoms with Crippen LogP contribution in [0.2, 0.25) is 0 Å². The van der Waals surface area contributed by atoms with E-state index in [-0.39, 0.29) is 12.6 Å². The Labute approximate surface area is 127 Å². The summed E-state index contributed by atoms with van der Waals surface area (Å²) in [4.78, 5) is 23.0. The Kier molecular flexibility index (Phi) is 5.68. The van der Waals surface area contributed by atoms with Crippen LogP contribution < -0.4 is 20.1 Å². The Morgan fingerprint density at radius 3 is 2.67 bits per heavy atom. The van der Waals surface area contributed by atoms with E-state index in [4.69, 9.17) is 21.1 Å².